The summed E-state index contributed by atoms with van der Waals surface area (Å²) >= 11 is 0. The fraction of sp³-hybridized carbons (Fsp3) is 0.483. The van der Waals surface area contributed by atoms with Gasteiger partial charge in [-0.05, 0) is 86.5 Å². The van der Waals surface area contributed by atoms with Crippen LogP contribution in [0.3, 0.4) is 0 Å². The smallest absolute Gasteiger partial charge is 0.325 e. The summed E-state index contributed by atoms with van der Waals surface area (Å²) in [5, 5.41) is 2.81. The second-order valence-electron chi connectivity index (χ2n) is 11.6. The molecule has 2 aromatic rings. The van der Waals surface area contributed by atoms with Crippen LogP contribution in [0.25, 0.3) is 0 Å². The standard InChI is InChI=1S/C29H32FN3O3/c1-28(23-5-3-2-4-6-23)26(35)32(27(36)31-28)18-25(34)33(17-19-7-9-24(30)10-8-19)29-14-20-11-21(15-29)13-22(12-20)16-29/h2-10,20-22H,11-18H2,1H3,(H,31,36). The Kier molecular flexibility index (Phi) is 5.43. The van der Waals surface area contributed by atoms with Crippen LogP contribution in [0.2, 0.25) is 0 Å². The van der Waals surface area contributed by atoms with Gasteiger partial charge in [-0.3, -0.25) is 14.5 Å². The number of nitrogens with zero attached hydrogens (tertiary/aromatic N) is 2. The van der Waals surface area contributed by atoms with Gasteiger partial charge < -0.3 is 10.2 Å². The first-order valence-corrected chi connectivity index (χ1v) is 13.0. The van der Waals surface area contributed by atoms with Crippen molar-refractivity contribution in [3.8, 4) is 0 Å². The molecule has 1 N–H and O–H groups in total. The number of nitrogens with one attached hydrogen (secondary N) is 1. The van der Waals surface area contributed by atoms with Gasteiger partial charge in [-0.2, -0.15) is 0 Å². The summed E-state index contributed by atoms with van der Waals surface area (Å²) in [6.45, 7) is 1.74. The molecular weight excluding hydrogens is 457 g/mol. The summed E-state index contributed by atoms with van der Waals surface area (Å²) < 4.78 is 13.6. The van der Waals surface area contributed by atoms with E-state index in [1.54, 1.807) is 31.2 Å². The number of hydrogen-bond donors (Lipinski definition) is 1. The maximum atomic E-state index is 14.0. The monoisotopic (exact) mass is 489 g/mol. The fourth-order valence-electron chi connectivity index (χ4n) is 7.72. The minimum atomic E-state index is -1.21. The molecule has 4 saturated carbocycles. The normalized spacial score (nSPS) is 32.6. The lowest BCUT2D eigenvalue weighted by atomic mass is 9.52. The minimum Gasteiger partial charge on any atom is -0.331 e. The molecule has 7 heteroatoms. The van der Waals surface area contributed by atoms with E-state index < -0.39 is 17.5 Å². The molecule has 1 heterocycles. The third-order valence-electron chi connectivity index (χ3n) is 9.05. The Morgan fingerprint density at radius 2 is 1.56 bits per heavy atom. The van der Waals surface area contributed by atoms with Gasteiger partial charge in [0.15, 0.2) is 0 Å². The number of amides is 4. The summed E-state index contributed by atoms with van der Waals surface area (Å²) in [4.78, 5) is 43.4. The topological polar surface area (TPSA) is 69.7 Å². The van der Waals surface area contributed by atoms with Crippen LogP contribution >= 0.6 is 0 Å². The van der Waals surface area contributed by atoms with Crippen molar-refractivity contribution in [2.24, 2.45) is 17.8 Å². The molecule has 1 saturated heterocycles. The van der Waals surface area contributed by atoms with Crippen LogP contribution in [0.1, 0.15) is 56.6 Å². The second kappa shape index (κ2) is 8.43. The first-order chi connectivity index (χ1) is 17.3. The van der Waals surface area contributed by atoms with E-state index in [0.29, 0.717) is 29.9 Å². The van der Waals surface area contributed by atoms with Crippen LogP contribution in [-0.2, 0) is 21.7 Å². The molecule has 5 aliphatic rings. The molecule has 0 aromatic heterocycles. The Morgan fingerprint density at radius 1 is 0.972 bits per heavy atom. The van der Waals surface area contributed by atoms with E-state index >= 15 is 0 Å². The molecule has 0 radical (unpaired) electrons. The molecule has 4 bridgehead atoms. The first kappa shape index (κ1) is 23.2. The van der Waals surface area contributed by atoms with Crippen molar-refractivity contribution in [2.75, 3.05) is 6.54 Å². The third-order valence-corrected chi connectivity index (χ3v) is 9.05. The first-order valence-electron chi connectivity index (χ1n) is 13.0. The Hall–Kier alpha value is -3.22. The van der Waals surface area contributed by atoms with E-state index in [9.17, 15) is 18.8 Å². The zero-order valence-electron chi connectivity index (χ0n) is 20.6. The summed E-state index contributed by atoms with van der Waals surface area (Å²) in [6.07, 6.45) is 6.61. The zero-order valence-corrected chi connectivity index (χ0v) is 20.6. The highest BCUT2D eigenvalue weighted by Gasteiger charge is 2.56. The van der Waals surface area contributed by atoms with Crippen LogP contribution in [0.4, 0.5) is 9.18 Å². The molecular formula is C29H32FN3O3. The molecule has 7 rings (SSSR count). The molecule has 1 aliphatic heterocycles. The molecule has 1 unspecified atom stereocenters. The minimum absolute atomic E-state index is 0.220. The maximum absolute atomic E-state index is 14.0. The van der Waals surface area contributed by atoms with Crippen molar-refractivity contribution in [1.29, 1.82) is 0 Å². The molecule has 1 atom stereocenters. The Bertz CT molecular complexity index is 1160. The van der Waals surface area contributed by atoms with Gasteiger partial charge in [0.1, 0.15) is 17.9 Å². The van der Waals surface area contributed by atoms with Crippen molar-refractivity contribution >= 4 is 17.8 Å². The van der Waals surface area contributed by atoms with Gasteiger partial charge in [-0.25, -0.2) is 9.18 Å². The average molecular weight is 490 g/mol. The van der Waals surface area contributed by atoms with Crippen LogP contribution in [-0.4, -0.2) is 39.7 Å². The molecule has 6 nitrogen and oxygen atoms in total. The van der Waals surface area contributed by atoms with Crippen molar-refractivity contribution in [1.82, 2.24) is 15.1 Å². The van der Waals surface area contributed by atoms with E-state index in [1.165, 1.54) is 31.4 Å². The SMILES string of the molecule is CC1(c2ccccc2)NC(=O)N(CC(=O)N(Cc2ccc(F)cc2)C23CC4CC(CC(C4)C2)C3)C1=O. The van der Waals surface area contributed by atoms with Gasteiger partial charge in [-0.15, -0.1) is 0 Å². The number of halogens is 1. The number of imide groups is 1. The molecule has 4 aliphatic carbocycles. The summed E-state index contributed by atoms with van der Waals surface area (Å²) in [6, 6.07) is 14.8. The third kappa shape index (κ3) is 3.80. The van der Waals surface area contributed by atoms with Crippen LogP contribution in [0.5, 0.6) is 0 Å². The highest BCUT2D eigenvalue weighted by atomic mass is 19.1. The Morgan fingerprint density at radius 3 is 2.14 bits per heavy atom. The van der Waals surface area contributed by atoms with E-state index in [2.05, 4.69) is 5.32 Å². The molecule has 5 fully saturated rings. The van der Waals surface area contributed by atoms with Gasteiger partial charge in [0.2, 0.25) is 5.91 Å². The van der Waals surface area contributed by atoms with Crippen molar-refractivity contribution < 1.29 is 18.8 Å². The van der Waals surface area contributed by atoms with Crippen LogP contribution in [0.15, 0.2) is 54.6 Å². The zero-order chi connectivity index (χ0) is 25.1. The predicted octanol–water partition coefficient (Wildman–Crippen LogP) is 4.59. The molecule has 36 heavy (non-hydrogen) atoms. The van der Waals surface area contributed by atoms with Crippen LogP contribution < -0.4 is 5.32 Å². The summed E-state index contributed by atoms with van der Waals surface area (Å²) in [5.74, 6) is 0.918. The number of benzene rings is 2. The molecule has 188 valence electrons. The Balaban J connectivity index is 1.29. The number of hydrogen-bond acceptors (Lipinski definition) is 3. The number of urea groups is 1. The van der Waals surface area contributed by atoms with Crippen molar-refractivity contribution in [3.05, 3.63) is 71.5 Å². The summed E-state index contributed by atoms with van der Waals surface area (Å²) in [5.41, 5.74) is 0.0675. The van der Waals surface area contributed by atoms with Crippen molar-refractivity contribution in [2.45, 2.75) is 63.1 Å². The van der Waals surface area contributed by atoms with E-state index in [1.807, 2.05) is 23.1 Å². The lowest BCUT2D eigenvalue weighted by Crippen LogP contribution is -2.62. The Labute approximate surface area is 210 Å². The summed E-state index contributed by atoms with van der Waals surface area (Å²) in [7, 11) is 0. The lowest BCUT2D eigenvalue weighted by Gasteiger charge is -2.60. The maximum Gasteiger partial charge on any atom is 0.325 e. The lowest BCUT2D eigenvalue weighted by molar-refractivity contribution is -0.155. The molecule has 4 amide bonds. The quantitative estimate of drug-likeness (QED) is 0.604. The van der Waals surface area contributed by atoms with Gasteiger partial charge in [0.05, 0.1) is 0 Å². The highest BCUT2D eigenvalue weighted by Crippen LogP contribution is 2.58. The highest BCUT2D eigenvalue weighted by molar-refractivity contribution is 6.09. The number of carbonyl (C=O) groups is 3. The fourth-order valence-corrected chi connectivity index (χ4v) is 7.72. The molecule has 0 spiro atoms. The van der Waals surface area contributed by atoms with E-state index in [0.717, 1.165) is 29.7 Å². The largest absolute Gasteiger partial charge is 0.331 e. The number of carbonyl (C=O) groups excluding carboxylic acids is 3. The van der Waals surface area contributed by atoms with E-state index in [4.69, 9.17) is 0 Å². The van der Waals surface area contributed by atoms with E-state index in [-0.39, 0.29) is 23.8 Å². The van der Waals surface area contributed by atoms with Gasteiger partial charge in [0.25, 0.3) is 5.91 Å². The van der Waals surface area contributed by atoms with Gasteiger partial charge in [0, 0.05) is 12.1 Å². The van der Waals surface area contributed by atoms with Crippen molar-refractivity contribution in [3.63, 3.8) is 0 Å². The number of rotatable bonds is 6. The van der Waals surface area contributed by atoms with Gasteiger partial charge in [-0.1, -0.05) is 42.5 Å². The van der Waals surface area contributed by atoms with Crippen LogP contribution in [0, 0.1) is 23.6 Å². The average Bonchev–Trinajstić information content (AvgIpc) is 3.07. The predicted molar refractivity (Wildman–Crippen MR) is 132 cm³/mol. The van der Waals surface area contributed by atoms with Gasteiger partial charge >= 0.3 is 6.03 Å². The molecule has 2 aromatic carbocycles. The second-order valence-corrected chi connectivity index (χ2v) is 11.6.